The van der Waals surface area contributed by atoms with Crippen molar-refractivity contribution in [3.05, 3.63) is 60.0 Å². The molecule has 0 fully saturated rings. The van der Waals surface area contributed by atoms with Crippen LogP contribution in [0.25, 0.3) is 21.6 Å². The van der Waals surface area contributed by atoms with Crippen LogP contribution in [0, 0.1) is 6.92 Å². The third-order valence-corrected chi connectivity index (χ3v) is 4.87. The molecule has 130 valence electrons. The molecule has 0 saturated heterocycles. The molecule has 7 heteroatoms. The van der Waals surface area contributed by atoms with Gasteiger partial charge in [-0.05, 0) is 18.6 Å². The summed E-state index contributed by atoms with van der Waals surface area (Å²) in [5, 5.41) is 7.41. The molecule has 0 atom stereocenters. The molecule has 4 aromatic rings. The van der Waals surface area contributed by atoms with E-state index in [9.17, 15) is 4.79 Å². The Labute approximate surface area is 153 Å². The van der Waals surface area contributed by atoms with E-state index in [0.717, 1.165) is 21.3 Å². The Morgan fingerprint density at radius 1 is 1.12 bits per heavy atom. The summed E-state index contributed by atoms with van der Waals surface area (Å²) in [7, 11) is 0. The van der Waals surface area contributed by atoms with Gasteiger partial charge in [0.2, 0.25) is 17.6 Å². The maximum atomic E-state index is 12.2. The second-order valence-corrected chi connectivity index (χ2v) is 6.90. The second kappa shape index (κ2) is 7.05. The third kappa shape index (κ3) is 3.48. The lowest BCUT2D eigenvalue weighted by atomic mass is 10.2. The van der Waals surface area contributed by atoms with E-state index in [2.05, 4.69) is 20.4 Å². The summed E-state index contributed by atoms with van der Waals surface area (Å²) in [6.07, 6.45) is 0.640. The molecule has 1 N–H and O–H groups in total. The number of para-hydroxylation sites is 1. The standard InChI is InChI=1S/C19H16N4O2S/c1-12-6-5-9-14-17(12)22-19(26-14)20-15(24)10-11-16-21-18(23-25-16)13-7-3-2-4-8-13/h2-9H,10-11H2,1H3,(H,20,22,24). The number of carbonyl (C=O) groups is 1. The van der Waals surface area contributed by atoms with Crippen molar-refractivity contribution in [1.29, 1.82) is 0 Å². The number of amides is 1. The fourth-order valence-electron chi connectivity index (χ4n) is 2.60. The first-order chi connectivity index (χ1) is 12.7. The lowest BCUT2D eigenvalue weighted by Crippen LogP contribution is -2.12. The van der Waals surface area contributed by atoms with E-state index in [4.69, 9.17) is 4.52 Å². The van der Waals surface area contributed by atoms with Crippen LogP contribution in [0.5, 0.6) is 0 Å². The summed E-state index contributed by atoms with van der Waals surface area (Å²) < 4.78 is 6.29. The molecule has 2 aromatic carbocycles. The topological polar surface area (TPSA) is 80.9 Å². The molecule has 0 unspecified atom stereocenters. The van der Waals surface area contributed by atoms with Crippen LogP contribution in [0.3, 0.4) is 0 Å². The number of rotatable bonds is 5. The molecule has 0 radical (unpaired) electrons. The number of thiazole rings is 1. The predicted octanol–water partition coefficient (Wildman–Crippen LogP) is 4.23. The van der Waals surface area contributed by atoms with Crippen LogP contribution in [-0.4, -0.2) is 21.0 Å². The van der Waals surface area contributed by atoms with Gasteiger partial charge in [0.05, 0.1) is 10.2 Å². The van der Waals surface area contributed by atoms with Gasteiger partial charge in [-0.3, -0.25) is 4.79 Å². The first-order valence-electron chi connectivity index (χ1n) is 8.23. The summed E-state index contributed by atoms with van der Waals surface area (Å²) in [6.45, 7) is 2.01. The molecule has 0 spiro atoms. The summed E-state index contributed by atoms with van der Waals surface area (Å²) in [4.78, 5) is 21.0. The smallest absolute Gasteiger partial charge is 0.227 e. The van der Waals surface area contributed by atoms with Crippen molar-refractivity contribution in [1.82, 2.24) is 15.1 Å². The van der Waals surface area contributed by atoms with Gasteiger partial charge in [0.15, 0.2) is 5.13 Å². The van der Waals surface area contributed by atoms with Crippen molar-refractivity contribution in [2.75, 3.05) is 5.32 Å². The number of carbonyl (C=O) groups excluding carboxylic acids is 1. The van der Waals surface area contributed by atoms with E-state index in [1.807, 2.05) is 55.5 Å². The van der Waals surface area contributed by atoms with Crippen molar-refractivity contribution < 1.29 is 9.32 Å². The van der Waals surface area contributed by atoms with Gasteiger partial charge in [-0.15, -0.1) is 0 Å². The summed E-state index contributed by atoms with van der Waals surface area (Å²) in [5.41, 5.74) is 2.91. The highest BCUT2D eigenvalue weighted by Gasteiger charge is 2.12. The number of nitrogens with zero attached hydrogens (tertiary/aromatic N) is 3. The lowest BCUT2D eigenvalue weighted by molar-refractivity contribution is -0.116. The average molecular weight is 364 g/mol. The van der Waals surface area contributed by atoms with Gasteiger partial charge >= 0.3 is 0 Å². The van der Waals surface area contributed by atoms with Crippen molar-refractivity contribution in [3.8, 4) is 11.4 Å². The zero-order chi connectivity index (χ0) is 17.9. The van der Waals surface area contributed by atoms with Crippen LogP contribution < -0.4 is 5.32 Å². The van der Waals surface area contributed by atoms with Crippen molar-refractivity contribution >= 4 is 32.6 Å². The van der Waals surface area contributed by atoms with Crippen LogP contribution in [0.2, 0.25) is 0 Å². The van der Waals surface area contributed by atoms with Gasteiger partial charge in [-0.25, -0.2) is 4.98 Å². The van der Waals surface area contributed by atoms with Crippen LogP contribution >= 0.6 is 11.3 Å². The Morgan fingerprint density at radius 3 is 2.77 bits per heavy atom. The number of hydrogen-bond donors (Lipinski definition) is 1. The van der Waals surface area contributed by atoms with Crippen molar-refractivity contribution in [2.45, 2.75) is 19.8 Å². The normalized spacial score (nSPS) is 11.0. The quantitative estimate of drug-likeness (QED) is 0.573. The Morgan fingerprint density at radius 2 is 1.96 bits per heavy atom. The molecule has 0 saturated carbocycles. The minimum atomic E-state index is -0.124. The van der Waals surface area contributed by atoms with Crippen LogP contribution in [-0.2, 0) is 11.2 Å². The van der Waals surface area contributed by atoms with E-state index in [1.165, 1.54) is 11.3 Å². The summed E-state index contributed by atoms with van der Waals surface area (Å²) >= 11 is 1.47. The van der Waals surface area contributed by atoms with E-state index in [1.54, 1.807) is 0 Å². The minimum Gasteiger partial charge on any atom is -0.339 e. The maximum absolute atomic E-state index is 12.2. The molecular weight excluding hydrogens is 348 g/mol. The molecule has 0 aliphatic carbocycles. The minimum absolute atomic E-state index is 0.124. The first kappa shape index (κ1) is 16.4. The monoisotopic (exact) mass is 364 g/mol. The Bertz CT molecular complexity index is 1060. The SMILES string of the molecule is Cc1cccc2sc(NC(=O)CCc3nc(-c4ccccc4)no3)nc12. The molecular formula is C19H16N4O2S. The van der Waals surface area contributed by atoms with Crippen LogP contribution in [0.15, 0.2) is 53.1 Å². The van der Waals surface area contributed by atoms with Gasteiger partial charge in [0.25, 0.3) is 0 Å². The third-order valence-electron chi connectivity index (χ3n) is 3.93. The van der Waals surface area contributed by atoms with Crippen LogP contribution in [0.4, 0.5) is 5.13 Å². The molecule has 2 heterocycles. The molecule has 6 nitrogen and oxygen atoms in total. The lowest BCUT2D eigenvalue weighted by Gasteiger charge is -1.98. The zero-order valence-corrected chi connectivity index (χ0v) is 14.9. The van der Waals surface area contributed by atoms with Gasteiger partial charge < -0.3 is 9.84 Å². The molecule has 2 aromatic heterocycles. The van der Waals surface area contributed by atoms with Gasteiger partial charge in [-0.1, -0.05) is 59.0 Å². The molecule has 0 aliphatic heterocycles. The van der Waals surface area contributed by atoms with Gasteiger partial charge in [0.1, 0.15) is 0 Å². The number of fused-ring (bicyclic) bond motifs is 1. The highest BCUT2D eigenvalue weighted by atomic mass is 32.1. The highest BCUT2D eigenvalue weighted by Crippen LogP contribution is 2.28. The number of nitrogens with one attached hydrogen (secondary N) is 1. The number of aryl methyl sites for hydroxylation is 2. The Balaban J connectivity index is 1.38. The summed E-state index contributed by atoms with van der Waals surface area (Å²) in [5.74, 6) is 0.850. The first-order valence-corrected chi connectivity index (χ1v) is 9.05. The number of aromatic nitrogens is 3. The van der Waals surface area contributed by atoms with E-state index in [-0.39, 0.29) is 12.3 Å². The Kier molecular flexibility index (Phi) is 4.45. The van der Waals surface area contributed by atoms with Gasteiger partial charge in [-0.2, -0.15) is 4.98 Å². The summed E-state index contributed by atoms with van der Waals surface area (Å²) in [6, 6.07) is 15.6. The zero-order valence-electron chi connectivity index (χ0n) is 14.1. The van der Waals surface area contributed by atoms with Crippen LogP contribution in [0.1, 0.15) is 17.9 Å². The Hall–Kier alpha value is -3.06. The van der Waals surface area contributed by atoms with E-state index < -0.39 is 0 Å². The van der Waals surface area contributed by atoms with Gasteiger partial charge in [0, 0.05) is 18.4 Å². The average Bonchev–Trinajstić information content (AvgIpc) is 3.28. The maximum Gasteiger partial charge on any atom is 0.227 e. The van der Waals surface area contributed by atoms with Crippen molar-refractivity contribution in [2.24, 2.45) is 0 Å². The molecule has 4 rings (SSSR count). The molecule has 1 amide bonds. The van der Waals surface area contributed by atoms with E-state index in [0.29, 0.717) is 23.3 Å². The molecule has 0 aliphatic rings. The number of benzene rings is 2. The second-order valence-electron chi connectivity index (χ2n) is 5.87. The number of hydrogen-bond acceptors (Lipinski definition) is 6. The number of anilines is 1. The highest BCUT2D eigenvalue weighted by molar-refractivity contribution is 7.22. The molecule has 26 heavy (non-hydrogen) atoms. The largest absolute Gasteiger partial charge is 0.339 e. The van der Waals surface area contributed by atoms with E-state index >= 15 is 0 Å². The predicted molar refractivity (Wildman–Crippen MR) is 101 cm³/mol. The van der Waals surface area contributed by atoms with Crippen molar-refractivity contribution in [3.63, 3.8) is 0 Å². The molecule has 0 bridgehead atoms. The fourth-order valence-corrected chi connectivity index (χ4v) is 3.56. The fraction of sp³-hybridized carbons (Fsp3) is 0.158.